The smallest absolute Gasteiger partial charge is 0.266 e. The molecule has 1 fully saturated rings. The summed E-state index contributed by atoms with van der Waals surface area (Å²) in [6, 6.07) is 5.43. The first kappa shape index (κ1) is 18.5. The number of nitrogens with one attached hydrogen (secondary N) is 2. The van der Waals surface area contributed by atoms with Crippen molar-refractivity contribution in [1.82, 2.24) is 20.2 Å². The summed E-state index contributed by atoms with van der Waals surface area (Å²) in [5.74, 6) is 0.772. The van der Waals surface area contributed by atoms with Gasteiger partial charge in [0.1, 0.15) is 10.9 Å². The lowest BCUT2D eigenvalue weighted by atomic mass is 10.2. The van der Waals surface area contributed by atoms with Gasteiger partial charge in [0, 0.05) is 24.9 Å². The van der Waals surface area contributed by atoms with Gasteiger partial charge < -0.3 is 19.8 Å². The van der Waals surface area contributed by atoms with Gasteiger partial charge in [0.25, 0.3) is 5.91 Å². The molecule has 10 heteroatoms. The fourth-order valence-corrected chi connectivity index (χ4v) is 4.00. The lowest BCUT2D eigenvalue weighted by Gasteiger charge is -2.14. The summed E-state index contributed by atoms with van der Waals surface area (Å²) in [6.07, 6.45) is 5.66. The molecule has 0 spiro atoms. The number of amides is 2. The third-order valence-corrected chi connectivity index (χ3v) is 5.52. The number of hydrogen-bond donors (Lipinski definition) is 2. The second-order valence-corrected chi connectivity index (χ2v) is 7.73. The molecule has 8 nitrogen and oxygen atoms in total. The number of hydrogen-bond acceptors (Lipinski definition) is 7. The number of aromatic nitrogens is 2. The second kappa shape index (κ2) is 8.03. The van der Waals surface area contributed by atoms with Gasteiger partial charge in [0.15, 0.2) is 11.5 Å². The first-order valence-corrected chi connectivity index (χ1v) is 9.71. The van der Waals surface area contributed by atoms with Crippen LogP contribution in [-0.2, 0) is 16.0 Å². The number of aromatic amines is 1. The van der Waals surface area contributed by atoms with E-state index >= 15 is 0 Å². The third kappa shape index (κ3) is 4.02. The summed E-state index contributed by atoms with van der Waals surface area (Å²) in [4.78, 5) is 33.5. The van der Waals surface area contributed by atoms with Crippen LogP contribution in [0.15, 0.2) is 35.6 Å². The molecule has 2 aromatic rings. The third-order valence-electron chi connectivity index (χ3n) is 4.14. The molecule has 144 valence electrons. The van der Waals surface area contributed by atoms with Crippen molar-refractivity contribution in [2.75, 3.05) is 19.9 Å². The normalized spacial score (nSPS) is 16.9. The minimum atomic E-state index is -0.281. The predicted molar refractivity (Wildman–Crippen MR) is 108 cm³/mol. The average molecular weight is 416 g/mol. The number of fused-ring (bicyclic) bond motifs is 1. The van der Waals surface area contributed by atoms with Gasteiger partial charge in [-0.05, 0) is 23.8 Å². The maximum absolute atomic E-state index is 12.7. The Morgan fingerprint density at radius 1 is 1.39 bits per heavy atom. The summed E-state index contributed by atoms with van der Waals surface area (Å²) >= 11 is 6.45. The molecule has 0 atom stereocenters. The molecule has 2 aliphatic rings. The van der Waals surface area contributed by atoms with Crippen LogP contribution in [0.2, 0.25) is 0 Å². The zero-order chi connectivity index (χ0) is 19.5. The molecule has 1 aromatic carbocycles. The number of H-pyrrole nitrogens is 1. The van der Waals surface area contributed by atoms with E-state index < -0.39 is 0 Å². The van der Waals surface area contributed by atoms with Crippen LogP contribution >= 0.6 is 24.0 Å². The lowest BCUT2D eigenvalue weighted by molar-refractivity contribution is -0.128. The SMILES string of the molecule is O=C(CN1C(=O)/C(=C/c2ccc3c(c2)OCO3)SC1=S)NCCc1cnc[nH]1. The Labute approximate surface area is 170 Å². The Hall–Kier alpha value is -2.85. The number of thioether (sulfide) groups is 1. The minimum Gasteiger partial charge on any atom is -0.454 e. The fraction of sp³-hybridized carbons (Fsp3) is 0.222. The highest BCUT2D eigenvalue weighted by molar-refractivity contribution is 8.26. The van der Waals surface area contributed by atoms with Crippen LogP contribution in [0, 0.1) is 0 Å². The molecule has 1 aromatic heterocycles. The van der Waals surface area contributed by atoms with Gasteiger partial charge >= 0.3 is 0 Å². The Kier molecular flexibility index (Phi) is 5.31. The molecule has 0 bridgehead atoms. The van der Waals surface area contributed by atoms with Crippen LogP contribution < -0.4 is 14.8 Å². The van der Waals surface area contributed by atoms with E-state index in [2.05, 4.69) is 15.3 Å². The first-order chi connectivity index (χ1) is 13.6. The monoisotopic (exact) mass is 416 g/mol. The van der Waals surface area contributed by atoms with Crippen molar-refractivity contribution in [2.24, 2.45) is 0 Å². The van der Waals surface area contributed by atoms with Crippen LogP contribution in [0.5, 0.6) is 11.5 Å². The highest BCUT2D eigenvalue weighted by Gasteiger charge is 2.33. The number of carbonyl (C=O) groups is 2. The van der Waals surface area contributed by atoms with Gasteiger partial charge in [-0.15, -0.1) is 0 Å². The Morgan fingerprint density at radius 2 is 2.25 bits per heavy atom. The molecular formula is C18H16N4O4S2. The Bertz CT molecular complexity index is 959. The van der Waals surface area contributed by atoms with Crippen molar-refractivity contribution in [3.05, 3.63) is 46.9 Å². The van der Waals surface area contributed by atoms with E-state index in [0.717, 1.165) is 11.3 Å². The van der Waals surface area contributed by atoms with Gasteiger partial charge in [-0.25, -0.2) is 4.98 Å². The van der Waals surface area contributed by atoms with Crippen molar-refractivity contribution in [1.29, 1.82) is 0 Å². The summed E-state index contributed by atoms with van der Waals surface area (Å²) in [5, 5.41) is 2.78. The zero-order valence-electron chi connectivity index (χ0n) is 14.6. The van der Waals surface area contributed by atoms with Crippen molar-refractivity contribution >= 4 is 46.2 Å². The Morgan fingerprint density at radius 3 is 3.07 bits per heavy atom. The molecule has 1 saturated heterocycles. The molecule has 0 aliphatic carbocycles. The molecule has 4 rings (SSSR count). The minimum absolute atomic E-state index is 0.105. The van der Waals surface area contributed by atoms with E-state index in [-0.39, 0.29) is 25.2 Å². The maximum Gasteiger partial charge on any atom is 0.266 e. The van der Waals surface area contributed by atoms with Gasteiger partial charge in [-0.1, -0.05) is 30.0 Å². The van der Waals surface area contributed by atoms with Gasteiger partial charge in [-0.2, -0.15) is 0 Å². The number of thiocarbonyl (C=S) groups is 1. The topological polar surface area (TPSA) is 96.6 Å². The molecule has 0 unspecified atom stereocenters. The van der Waals surface area contributed by atoms with Crippen LogP contribution in [-0.4, -0.2) is 50.9 Å². The Balaban J connectivity index is 1.36. The summed E-state index contributed by atoms with van der Waals surface area (Å²) < 4.78 is 11.0. The van der Waals surface area contributed by atoms with E-state index in [1.54, 1.807) is 30.7 Å². The highest BCUT2D eigenvalue weighted by Crippen LogP contribution is 2.36. The van der Waals surface area contributed by atoms with Gasteiger partial charge in [0.05, 0.1) is 11.2 Å². The summed E-state index contributed by atoms with van der Waals surface area (Å²) in [5.41, 5.74) is 1.73. The van der Waals surface area contributed by atoms with E-state index in [1.165, 1.54) is 16.7 Å². The fourth-order valence-electron chi connectivity index (χ4n) is 2.75. The summed E-state index contributed by atoms with van der Waals surface area (Å²) in [6.45, 7) is 0.533. The van der Waals surface area contributed by atoms with Gasteiger partial charge in [0.2, 0.25) is 12.7 Å². The molecule has 2 amide bonds. The molecule has 0 saturated carbocycles. The van der Waals surface area contributed by atoms with Crippen molar-refractivity contribution in [2.45, 2.75) is 6.42 Å². The van der Waals surface area contributed by atoms with E-state index in [1.807, 2.05) is 6.07 Å². The number of rotatable bonds is 6. The van der Waals surface area contributed by atoms with E-state index in [0.29, 0.717) is 33.7 Å². The quantitative estimate of drug-likeness (QED) is 0.546. The zero-order valence-corrected chi connectivity index (χ0v) is 16.3. The standard InChI is InChI=1S/C18H16N4O4S2/c23-16(20-4-3-12-7-19-9-21-12)8-22-17(24)15(28-18(22)27)6-11-1-2-13-14(5-11)26-10-25-13/h1-2,5-7,9H,3-4,8,10H2,(H,19,21)(H,20,23)/b15-6-. The predicted octanol–water partition coefficient (Wildman–Crippen LogP) is 1.70. The second-order valence-electron chi connectivity index (χ2n) is 6.06. The average Bonchev–Trinajstić information content (AvgIpc) is 3.40. The van der Waals surface area contributed by atoms with Crippen LogP contribution in [0.1, 0.15) is 11.3 Å². The molecular weight excluding hydrogens is 400 g/mol. The van der Waals surface area contributed by atoms with Gasteiger partial charge in [-0.3, -0.25) is 14.5 Å². The van der Waals surface area contributed by atoms with Crippen LogP contribution in [0.3, 0.4) is 0 Å². The van der Waals surface area contributed by atoms with Crippen LogP contribution in [0.4, 0.5) is 0 Å². The number of nitrogens with zero attached hydrogens (tertiary/aromatic N) is 2. The maximum atomic E-state index is 12.7. The number of benzene rings is 1. The summed E-state index contributed by atoms with van der Waals surface area (Å²) in [7, 11) is 0. The van der Waals surface area contributed by atoms with Crippen molar-refractivity contribution < 1.29 is 19.1 Å². The van der Waals surface area contributed by atoms with E-state index in [9.17, 15) is 9.59 Å². The largest absolute Gasteiger partial charge is 0.454 e. The van der Waals surface area contributed by atoms with Crippen molar-refractivity contribution in [3.63, 3.8) is 0 Å². The molecule has 28 heavy (non-hydrogen) atoms. The van der Waals surface area contributed by atoms with Crippen molar-refractivity contribution in [3.8, 4) is 11.5 Å². The first-order valence-electron chi connectivity index (χ1n) is 8.49. The number of ether oxygens (including phenoxy) is 2. The molecule has 3 heterocycles. The molecule has 2 N–H and O–H groups in total. The molecule has 2 aliphatic heterocycles. The van der Waals surface area contributed by atoms with Crippen LogP contribution in [0.25, 0.3) is 6.08 Å². The molecule has 0 radical (unpaired) electrons. The van der Waals surface area contributed by atoms with E-state index in [4.69, 9.17) is 21.7 Å². The number of imidazole rings is 1. The number of carbonyl (C=O) groups excluding carboxylic acids is 2. The highest BCUT2D eigenvalue weighted by atomic mass is 32.2. The lowest BCUT2D eigenvalue weighted by Crippen LogP contribution is -2.40.